The molecule has 0 aromatic carbocycles. The van der Waals surface area contributed by atoms with Gasteiger partial charge in [-0.05, 0) is 0 Å². The van der Waals surface area contributed by atoms with Crippen LogP contribution in [0.5, 0.6) is 5.75 Å². The van der Waals surface area contributed by atoms with Crippen LogP contribution >= 0.6 is 0 Å². The van der Waals surface area contributed by atoms with Gasteiger partial charge >= 0.3 is 6.61 Å². The molecule has 0 saturated heterocycles. The Hall–Kier alpha value is -1.90. The zero-order valence-corrected chi connectivity index (χ0v) is 6.37. The molecule has 0 aliphatic carbocycles. The second-order valence-corrected chi connectivity index (χ2v) is 2.09. The largest absolute Gasteiger partial charge is 0.433 e. The highest BCUT2D eigenvalue weighted by atomic mass is 19.3. The van der Waals surface area contributed by atoms with Crippen LogP contribution in [0.4, 0.5) is 14.6 Å². The molecule has 0 amide bonds. The molecule has 0 aliphatic rings. The molecule has 0 unspecified atom stereocenters. The van der Waals surface area contributed by atoms with Crippen LogP contribution in [-0.2, 0) is 0 Å². The van der Waals surface area contributed by atoms with Gasteiger partial charge in [0.15, 0.2) is 0 Å². The number of nitriles is 1. The summed E-state index contributed by atoms with van der Waals surface area (Å²) in [5, 5.41) is 8.46. The lowest BCUT2D eigenvalue weighted by Crippen LogP contribution is -2.03. The summed E-state index contributed by atoms with van der Waals surface area (Å²) in [7, 11) is 0. The van der Waals surface area contributed by atoms with Crippen molar-refractivity contribution in [2.24, 2.45) is 0 Å². The predicted molar refractivity (Wildman–Crippen MR) is 40.0 cm³/mol. The molecular weight excluding hydrogens is 180 g/mol. The van der Waals surface area contributed by atoms with Crippen LogP contribution in [0.3, 0.4) is 0 Å². The van der Waals surface area contributed by atoms with Gasteiger partial charge < -0.3 is 10.5 Å². The van der Waals surface area contributed by atoms with Crippen molar-refractivity contribution in [3.05, 3.63) is 17.8 Å². The molecule has 0 bridgehead atoms. The SMILES string of the molecule is N#Cc1cc(OC(F)F)cnc1N. The van der Waals surface area contributed by atoms with Gasteiger partial charge in [0.2, 0.25) is 0 Å². The summed E-state index contributed by atoms with van der Waals surface area (Å²) in [6.45, 7) is -2.93. The van der Waals surface area contributed by atoms with Crippen molar-refractivity contribution >= 4 is 5.82 Å². The number of ether oxygens (including phenoxy) is 1. The molecule has 4 nitrogen and oxygen atoms in total. The monoisotopic (exact) mass is 185 g/mol. The van der Waals surface area contributed by atoms with Crippen molar-refractivity contribution in [2.45, 2.75) is 6.61 Å². The van der Waals surface area contributed by atoms with Crippen LogP contribution in [0.25, 0.3) is 0 Å². The Balaban J connectivity index is 2.95. The smallest absolute Gasteiger partial charge is 0.387 e. The molecule has 0 spiro atoms. The van der Waals surface area contributed by atoms with E-state index < -0.39 is 6.61 Å². The van der Waals surface area contributed by atoms with E-state index in [0.717, 1.165) is 12.3 Å². The minimum atomic E-state index is -2.93. The number of rotatable bonds is 2. The van der Waals surface area contributed by atoms with E-state index in [4.69, 9.17) is 11.0 Å². The summed E-state index contributed by atoms with van der Waals surface area (Å²) < 4.78 is 27.4. The number of halogens is 2. The molecule has 1 rings (SSSR count). The summed E-state index contributed by atoms with van der Waals surface area (Å²) in [4.78, 5) is 3.50. The van der Waals surface area contributed by atoms with Gasteiger partial charge in [-0.2, -0.15) is 14.0 Å². The van der Waals surface area contributed by atoms with Crippen LogP contribution in [-0.4, -0.2) is 11.6 Å². The van der Waals surface area contributed by atoms with Crippen molar-refractivity contribution < 1.29 is 13.5 Å². The van der Waals surface area contributed by atoms with Crippen molar-refractivity contribution in [3.63, 3.8) is 0 Å². The van der Waals surface area contributed by atoms with Gasteiger partial charge in [0.25, 0.3) is 0 Å². The Morgan fingerprint density at radius 3 is 2.85 bits per heavy atom. The minimum absolute atomic E-state index is 0.0101. The van der Waals surface area contributed by atoms with E-state index in [0.29, 0.717) is 0 Å². The van der Waals surface area contributed by atoms with E-state index >= 15 is 0 Å². The molecular formula is C7H5F2N3O. The topological polar surface area (TPSA) is 71.9 Å². The van der Waals surface area contributed by atoms with E-state index in [1.165, 1.54) is 0 Å². The van der Waals surface area contributed by atoms with E-state index in [9.17, 15) is 8.78 Å². The number of nitrogens with zero attached hydrogens (tertiary/aromatic N) is 2. The molecule has 2 N–H and O–H groups in total. The van der Waals surface area contributed by atoms with Gasteiger partial charge in [-0.1, -0.05) is 0 Å². The van der Waals surface area contributed by atoms with Crippen molar-refractivity contribution in [1.29, 1.82) is 5.26 Å². The van der Waals surface area contributed by atoms with Crippen molar-refractivity contribution in [1.82, 2.24) is 4.98 Å². The third-order valence-corrected chi connectivity index (χ3v) is 1.24. The lowest BCUT2D eigenvalue weighted by molar-refractivity contribution is -0.0500. The summed E-state index contributed by atoms with van der Waals surface area (Å²) in [5.41, 5.74) is 5.27. The lowest BCUT2D eigenvalue weighted by Gasteiger charge is -2.04. The molecule has 68 valence electrons. The zero-order chi connectivity index (χ0) is 9.84. The summed E-state index contributed by atoms with van der Waals surface area (Å²) in [6.07, 6.45) is 1.03. The Kier molecular flexibility index (Phi) is 2.59. The highest BCUT2D eigenvalue weighted by Gasteiger charge is 2.07. The van der Waals surface area contributed by atoms with E-state index in [-0.39, 0.29) is 17.1 Å². The van der Waals surface area contributed by atoms with Gasteiger partial charge in [-0.3, -0.25) is 0 Å². The quantitative estimate of drug-likeness (QED) is 0.749. The predicted octanol–water partition coefficient (Wildman–Crippen LogP) is 1.14. The molecule has 6 heteroatoms. The van der Waals surface area contributed by atoms with Crippen LogP contribution in [0.15, 0.2) is 12.3 Å². The molecule has 1 aromatic heterocycles. The molecule has 1 aromatic rings. The van der Waals surface area contributed by atoms with Crippen molar-refractivity contribution in [3.8, 4) is 11.8 Å². The molecule has 0 fully saturated rings. The third kappa shape index (κ3) is 2.27. The fourth-order valence-corrected chi connectivity index (χ4v) is 0.713. The third-order valence-electron chi connectivity index (χ3n) is 1.24. The highest BCUT2D eigenvalue weighted by Crippen LogP contribution is 2.17. The number of aromatic nitrogens is 1. The Morgan fingerprint density at radius 1 is 1.62 bits per heavy atom. The fourth-order valence-electron chi connectivity index (χ4n) is 0.713. The van der Waals surface area contributed by atoms with E-state index in [1.807, 2.05) is 0 Å². The number of anilines is 1. The van der Waals surface area contributed by atoms with Gasteiger partial charge in [0.1, 0.15) is 17.6 Å². The number of nitrogen functional groups attached to an aromatic ring is 1. The van der Waals surface area contributed by atoms with Crippen LogP contribution < -0.4 is 10.5 Å². The molecule has 0 radical (unpaired) electrons. The van der Waals surface area contributed by atoms with Crippen LogP contribution in [0.1, 0.15) is 5.56 Å². The lowest BCUT2D eigenvalue weighted by atomic mass is 10.3. The Morgan fingerprint density at radius 2 is 2.31 bits per heavy atom. The van der Waals surface area contributed by atoms with Crippen LogP contribution in [0.2, 0.25) is 0 Å². The normalized spacial score (nSPS) is 9.69. The highest BCUT2D eigenvalue weighted by molar-refractivity contribution is 5.50. The first-order valence-electron chi connectivity index (χ1n) is 3.24. The second kappa shape index (κ2) is 3.67. The van der Waals surface area contributed by atoms with E-state index in [1.54, 1.807) is 6.07 Å². The van der Waals surface area contributed by atoms with Gasteiger partial charge in [0, 0.05) is 6.07 Å². The maximum Gasteiger partial charge on any atom is 0.387 e. The summed E-state index contributed by atoms with van der Waals surface area (Å²) in [5.74, 6) is -0.190. The first kappa shape index (κ1) is 9.19. The van der Waals surface area contributed by atoms with Gasteiger partial charge in [-0.15, -0.1) is 0 Å². The molecule has 13 heavy (non-hydrogen) atoms. The molecule has 0 atom stereocenters. The Bertz CT molecular complexity index is 348. The molecule has 1 heterocycles. The van der Waals surface area contributed by atoms with E-state index in [2.05, 4.69) is 9.72 Å². The first-order chi connectivity index (χ1) is 6.13. The number of hydrogen-bond acceptors (Lipinski definition) is 4. The standard InChI is InChI=1S/C7H5F2N3O/c8-7(9)13-5-1-4(2-10)6(11)12-3-5/h1,3,7H,(H2,11,12). The Labute approximate surface area is 72.6 Å². The average molecular weight is 185 g/mol. The fraction of sp³-hybridized carbons (Fsp3) is 0.143. The maximum atomic E-state index is 11.7. The average Bonchev–Trinajstić information content (AvgIpc) is 2.07. The number of nitrogens with two attached hydrogens (primary N) is 1. The van der Waals surface area contributed by atoms with Gasteiger partial charge in [0.05, 0.1) is 11.8 Å². The maximum absolute atomic E-state index is 11.7. The van der Waals surface area contributed by atoms with Crippen molar-refractivity contribution in [2.75, 3.05) is 5.73 Å². The minimum Gasteiger partial charge on any atom is -0.433 e. The summed E-state index contributed by atoms with van der Waals surface area (Å²) >= 11 is 0. The van der Waals surface area contributed by atoms with Crippen LogP contribution in [0, 0.1) is 11.3 Å². The second-order valence-electron chi connectivity index (χ2n) is 2.09. The number of alkyl halides is 2. The summed E-state index contributed by atoms with van der Waals surface area (Å²) in [6, 6.07) is 2.80. The molecule has 0 saturated carbocycles. The first-order valence-corrected chi connectivity index (χ1v) is 3.24. The number of pyridine rings is 1. The number of hydrogen-bond donors (Lipinski definition) is 1. The molecule has 0 aliphatic heterocycles. The van der Waals surface area contributed by atoms with Gasteiger partial charge in [-0.25, -0.2) is 4.98 Å². The zero-order valence-electron chi connectivity index (χ0n) is 6.37.